The Morgan fingerprint density at radius 2 is 1.95 bits per heavy atom. The molecule has 2 aromatic rings. The zero-order valence-corrected chi connectivity index (χ0v) is 12.2. The van der Waals surface area contributed by atoms with E-state index in [1.54, 1.807) is 7.05 Å². The second kappa shape index (κ2) is 6.73. The smallest absolute Gasteiger partial charge is 0.119 e. The molecule has 1 radical (unpaired) electrons. The maximum absolute atomic E-state index is 9.39. The van der Waals surface area contributed by atoms with Crippen LogP contribution in [-0.2, 0) is 6.42 Å². The van der Waals surface area contributed by atoms with Gasteiger partial charge in [-0.3, -0.25) is 0 Å². The van der Waals surface area contributed by atoms with Crippen LogP contribution >= 0.6 is 0 Å². The summed E-state index contributed by atoms with van der Waals surface area (Å²) in [7, 11) is 1.62. The average Bonchev–Trinajstić information content (AvgIpc) is 2.44. The van der Waals surface area contributed by atoms with E-state index in [1.807, 2.05) is 6.07 Å². The molecular formula is C17H22NO2. The van der Waals surface area contributed by atoms with E-state index >= 15 is 0 Å². The lowest BCUT2D eigenvalue weighted by Gasteiger charge is -2.17. The number of hydrogen-bond donors (Lipinski definition) is 1. The van der Waals surface area contributed by atoms with Gasteiger partial charge in [-0.25, -0.2) is 0 Å². The van der Waals surface area contributed by atoms with Gasteiger partial charge in [-0.15, -0.1) is 0 Å². The molecule has 0 amide bonds. The van der Waals surface area contributed by atoms with Crippen LogP contribution in [0.15, 0.2) is 36.4 Å². The first kappa shape index (κ1) is 14.8. The Hall–Kier alpha value is -1.58. The Morgan fingerprint density at radius 3 is 2.65 bits per heavy atom. The zero-order valence-electron chi connectivity index (χ0n) is 12.2. The fourth-order valence-electron chi connectivity index (χ4n) is 2.12. The van der Waals surface area contributed by atoms with Gasteiger partial charge >= 0.3 is 0 Å². The topological polar surface area (TPSA) is 32.7 Å². The van der Waals surface area contributed by atoms with Crippen molar-refractivity contribution in [2.24, 2.45) is 0 Å². The molecule has 1 unspecified atom stereocenters. The molecule has 0 bridgehead atoms. The summed E-state index contributed by atoms with van der Waals surface area (Å²) in [5, 5.41) is 12.9. The maximum atomic E-state index is 9.39. The molecular weight excluding hydrogens is 250 g/mol. The molecule has 2 aromatic carbocycles. The van der Waals surface area contributed by atoms with Crippen molar-refractivity contribution in [3.05, 3.63) is 48.9 Å². The molecule has 107 valence electrons. The lowest BCUT2D eigenvalue weighted by Crippen LogP contribution is -2.27. The molecule has 2 rings (SSSR count). The minimum absolute atomic E-state index is 0.146. The molecule has 0 aromatic heterocycles. The Morgan fingerprint density at radius 1 is 1.20 bits per heavy atom. The summed E-state index contributed by atoms with van der Waals surface area (Å²) in [6.45, 7) is 6.76. The summed E-state index contributed by atoms with van der Waals surface area (Å²) in [6.07, 6.45) is 1.72. The summed E-state index contributed by atoms with van der Waals surface area (Å²) in [6, 6.07) is 12.3. The Balaban J connectivity index is 2.22. The summed E-state index contributed by atoms with van der Waals surface area (Å²) < 4.78 is 5.66. The minimum Gasteiger partial charge on any atom is -0.494 e. The Bertz CT molecular complexity index is 566. The number of nitrogens with zero attached hydrogens (tertiary/aromatic N) is 1. The van der Waals surface area contributed by atoms with E-state index in [2.05, 4.69) is 44.2 Å². The highest BCUT2D eigenvalue weighted by molar-refractivity contribution is 5.84. The minimum atomic E-state index is -0.146. The first-order chi connectivity index (χ1) is 9.60. The Labute approximate surface area is 120 Å². The lowest BCUT2D eigenvalue weighted by atomic mass is 10.0. The summed E-state index contributed by atoms with van der Waals surface area (Å²) >= 11 is 0. The van der Waals surface area contributed by atoms with Gasteiger partial charge in [0.05, 0.1) is 6.61 Å². The molecule has 20 heavy (non-hydrogen) atoms. The van der Waals surface area contributed by atoms with Crippen molar-refractivity contribution in [3.63, 3.8) is 0 Å². The monoisotopic (exact) mass is 272 g/mol. The summed E-state index contributed by atoms with van der Waals surface area (Å²) in [4.78, 5) is 0. The van der Waals surface area contributed by atoms with Crippen molar-refractivity contribution >= 4 is 10.8 Å². The summed E-state index contributed by atoms with van der Waals surface area (Å²) in [5.74, 6) is 0.905. The molecule has 0 heterocycles. The van der Waals surface area contributed by atoms with E-state index in [4.69, 9.17) is 4.74 Å². The second-order valence-electron chi connectivity index (χ2n) is 5.12. The zero-order chi connectivity index (χ0) is 14.5. The van der Waals surface area contributed by atoms with Crippen molar-refractivity contribution < 1.29 is 9.94 Å². The van der Waals surface area contributed by atoms with E-state index in [0.717, 1.165) is 34.8 Å². The van der Waals surface area contributed by atoms with Crippen LogP contribution in [0.25, 0.3) is 10.8 Å². The van der Waals surface area contributed by atoms with Crippen molar-refractivity contribution in [3.8, 4) is 5.75 Å². The third-order valence-corrected chi connectivity index (χ3v) is 3.35. The van der Waals surface area contributed by atoms with Crippen LogP contribution in [0.3, 0.4) is 0 Å². The highest BCUT2D eigenvalue weighted by atomic mass is 16.5. The first-order valence-electron chi connectivity index (χ1n) is 7.00. The summed E-state index contributed by atoms with van der Waals surface area (Å²) in [5.41, 5.74) is 1.16. The number of likely N-dealkylation sites (N-methyl/N-ethyl adjacent to an activating group) is 1. The fraction of sp³-hybridized carbons (Fsp3) is 0.353. The van der Waals surface area contributed by atoms with Gasteiger partial charge in [0.1, 0.15) is 5.75 Å². The van der Waals surface area contributed by atoms with E-state index in [1.165, 1.54) is 5.39 Å². The van der Waals surface area contributed by atoms with Crippen molar-refractivity contribution in [1.82, 2.24) is 5.06 Å². The maximum Gasteiger partial charge on any atom is 0.119 e. The van der Waals surface area contributed by atoms with Gasteiger partial charge in [-0.05, 0) is 48.2 Å². The molecule has 1 N–H and O–H groups in total. The number of fused-ring (bicyclic) bond motifs is 1. The number of hydroxylamine groups is 2. The molecule has 0 saturated heterocycles. The fourth-order valence-corrected chi connectivity index (χ4v) is 2.12. The third-order valence-electron chi connectivity index (χ3n) is 3.35. The van der Waals surface area contributed by atoms with Crippen LogP contribution in [0.2, 0.25) is 0 Å². The predicted octanol–water partition coefficient (Wildman–Crippen LogP) is 3.69. The highest BCUT2D eigenvalue weighted by Crippen LogP contribution is 2.23. The number of ether oxygens (including phenoxy) is 1. The van der Waals surface area contributed by atoms with E-state index in [9.17, 15) is 5.21 Å². The predicted molar refractivity (Wildman–Crippen MR) is 82.1 cm³/mol. The van der Waals surface area contributed by atoms with Gasteiger partial charge in [-0.1, -0.05) is 31.2 Å². The molecule has 0 aliphatic heterocycles. The lowest BCUT2D eigenvalue weighted by molar-refractivity contribution is -0.0885. The SMILES string of the molecule is [CH2]C(Cc1ccc2ccc(OCCC)cc2c1)N(C)O. The van der Waals surface area contributed by atoms with Crippen LogP contribution in [-0.4, -0.2) is 30.0 Å². The largest absolute Gasteiger partial charge is 0.494 e. The van der Waals surface area contributed by atoms with Crippen molar-refractivity contribution in [2.75, 3.05) is 13.7 Å². The molecule has 0 aliphatic rings. The van der Waals surface area contributed by atoms with Gasteiger partial charge < -0.3 is 9.94 Å². The molecule has 1 atom stereocenters. The normalized spacial score (nSPS) is 12.8. The number of rotatable bonds is 6. The highest BCUT2D eigenvalue weighted by Gasteiger charge is 2.08. The van der Waals surface area contributed by atoms with Crippen LogP contribution in [0.5, 0.6) is 5.75 Å². The molecule has 3 heteroatoms. The third kappa shape index (κ3) is 3.71. The van der Waals surface area contributed by atoms with E-state index in [0.29, 0.717) is 6.42 Å². The quantitative estimate of drug-likeness (QED) is 0.814. The molecule has 0 saturated carbocycles. The molecule has 0 fully saturated rings. The van der Waals surface area contributed by atoms with Gasteiger partial charge in [0.15, 0.2) is 0 Å². The van der Waals surface area contributed by atoms with Crippen LogP contribution < -0.4 is 4.74 Å². The molecule has 0 aliphatic carbocycles. The number of benzene rings is 2. The van der Waals surface area contributed by atoms with Gasteiger partial charge in [-0.2, -0.15) is 5.06 Å². The average molecular weight is 272 g/mol. The van der Waals surface area contributed by atoms with E-state index < -0.39 is 0 Å². The van der Waals surface area contributed by atoms with Gasteiger partial charge in [0.25, 0.3) is 0 Å². The molecule has 0 spiro atoms. The van der Waals surface area contributed by atoms with Crippen molar-refractivity contribution in [1.29, 1.82) is 0 Å². The second-order valence-corrected chi connectivity index (χ2v) is 5.12. The van der Waals surface area contributed by atoms with Gasteiger partial charge in [0.2, 0.25) is 0 Å². The van der Waals surface area contributed by atoms with Gasteiger partial charge in [0, 0.05) is 13.1 Å². The van der Waals surface area contributed by atoms with E-state index in [-0.39, 0.29) is 6.04 Å². The first-order valence-corrected chi connectivity index (χ1v) is 7.00. The Kier molecular flexibility index (Phi) is 4.99. The van der Waals surface area contributed by atoms with Crippen molar-refractivity contribution in [2.45, 2.75) is 25.8 Å². The van der Waals surface area contributed by atoms with Crippen LogP contribution in [0, 0.1) is 6.92 Å². The standard InChI is InChI=1S/C17H22NO2/c1-4-9-20-17-8-7-15-6-5-14(11-16(15)12-17)10-13(2)18(3)19/h5-8,11-13,19H,2,4,9-10H2,1,3H3. The molecule has 3 nitrogen and oxygen atoms in total. The van der Waals surface area contributed by atoms with Crippen LogP contribution in [0.4, 0.5) is 0 Å². The van der Waals surface area contributed by atoms with Crippen LogP contribution in [0.1, 0.15) is 18.9 Å². The number of hydrogen-bond acceptors (Lipinski definition) is 3.